The first-order chi connectivity index (χ1) is 9.25. The number of ether oxygens (including phenoxy) is 2. The molecule has 1 saturated heterocycles. The number of unbranched alkanes of at least 4 members (excludes halogenated alkanes) is 1. The third kappa shape index (κ3) is 5.28. The minimum Gasteiger partial charge on any atom is -0.493 e. The molecule has 0 N–H and O–H groups in total. The molecule has 0 unspecified atom stereocenters. The van der Waals surface area contributed by atoms with Gasteiger partial charge in [-0.2, -0.15) is 0 Å². The molecule has 1 aromatic carbocycles. The molecule has 0 aromatic heterocycles. The molecule has 1 heterocycles. The lowest BCUT2D eigenvalue weighted by molar-refractivity contribution is 0.0368. The predicted molar refractivity (Wildman–Crippen MR) is 85.9 cm³/mol. The Morgan fingerprint density at radius 1 is 1.26 bits per heavy atom. The topological polar surface area (TPSA) is 21.7 Å². The van der Waals surface area contributed by atoms with Gasteiger partial charge in [-0.15, -0.1) is 0 Å². The summed E-state index contributed by atoms with van der Waals surface area (Å²) in [4.78, 5) is 2.47. The fraction of sp³-hybridized carbons (Fsp3) is 0.600. The fourth-order valence-electron chi connectivity index (χ4n) is 2.22. The molecule has 106 valence electrons. The van der Waals surface area contributed by atoms with E-state index in [4.69, 9.17) is 9.47 Å². The van der Waals surface area contributed by atoms with E-state index in [1.165, 1.54) is 22.1 Å². The number of hydrogen-bond donors (Lipinski definition) is 0. The third-order valence-corrected chi connectivity index (χ3v) is 4.04. The first-order valence-electron chi connectivity index (χ1n) is 6.95. The van der Waals surface area contributed by atoms with Crippen LogP contribution in [0.25, 0.3) is 0 Å². The Balaban J connectivity index is 1.61. The summed E-state index contributed by atoms with van der Waals surface area (Å²) in [6, 6.07) is 6.32. The molecule has 0 amide bonds. The fourth-order valence-corrected chi connectivity index (χ4v) is 2.87. The Labute approximate surface area is 129 Å². The van der Waals surface area contributed by atoms with E-state index in [2.05, 4.69) is 52.6 Å². The van der Waals surface area contributed by atoms with Crippen LogP contribution in [0.1, 0.15) is 18.4 Å². The van der Waals surface area contributed by atoms with Crippen molar-refractivity contribution < 1.29 is 9.47 Å². The van der Waals surface area contributed by atoms with E-state index in [9.17, 15) is 0 Å². The van der Waals surface area contributed by atoms with Crippen LogP contribution in [0, 0.1) is 10.5 Å². The van der Waals surface area contributed by atoms with Crippen LogP contribution in [0.2, 0.25) is 0 Å². The van der Waals surface area contributed by atoms with Crippen molar-refractivity contribution in [1.29, 1.82) is 0 Å². The largest absolute Gasteiger partial charge is 0.493 e. The predicted octanol–water partition coefficient (Wildman–Crippen LogP) is 3.09. The van der Waals surface area contributed by atoms with Crippen molar-refractivity contribution in [2.45, 2.75) is 19.8 Å². The van der Waals surface area contributed by atoms with Gasteiger partial charge < -0.3 is 9.47 Å². The van der Waals surface area contributed by atoms with E-state index in [-0.39, 0.29) is 0 Å². The van der Waals surface area contributed by atoms with Crippen molar-refractivity contribution in [2.75, 3.05) is 39.5 Å². The van der Waals surface area contributed by atoms with Crippen LogP contribution in [-0.4, -0.2) is 44.4 Å². The van der Waals surface area contributed by atoms with E-state index < -0.39 is 0 Å². The summed E-state index contributed by atoms with van der Waals surface area (Å²) in [5.74, 6) is 1.02. The maximum absolute atomic E-state index is 5.83. The van der Waals surface area contributed by atoms with Crippen molar-refractivity contribution in [3.05, 3.63) is 27.3 Å². The van der Waals surface area contributed by atoms with Crippen molar-refractivity contribution in [3.8, 4) is 5.75 Å². The van der Waals surface area contributed by atoms with Gasteiger partial charge in [-0.3, -0.25) is 4.90 Å². The normalized spacial score (nSPS) is 16.5. The van der Waals surface area contributed by atoms with Gasteiger partial charge in [0.05, 0.1) is 19.8 Å². The molecule has 19 heavy (non-hydrogen) atoms. The maximum Gasteiger partial charge on any atom is 0.122 e. The molecule has 1 aromatic rings. The zero-order chi connectivity index (χ0) is 13.5. The van der Waals surface area contributed by atoms with Crippen LogP contribution in [0.5, 0.6) is 5.75 Å². The second kappa shape index (κ2) is 8.07. The van der Waals surface area contributed by atoms with E-state index in [0.29, 0.717) is 0 Å². The lowest BCUT2D eigenvalue weighted by Gasteiger charge is -2.26. The maximum atomic E-state index is 5.83. The molecular weight excluding hydrogens is 353 g/mol. The van der Waals surface area contributed by atoms with E-state index in [1.807, 2.05) is 0 Å². The standard InChI is InChI=1S/C15H22INO2/c1-13-12-14(16)4-5-15(13)19-9-3-2-6-17-7-10-18-11-8-17/h4-5,12H,2-3,6-11H2,1H3. The molecule has 0 bridgehead atoms. The molecule has 0 atom stereocenters. The van der Waals surface area contributed by atoms with Crippen LogP contribution >= 0.6 is 22.6 Å². The molecule has 3 nitrogen and oxygen atoms in total. The number of morpholine rings is 1. The number of rotatable bonds is 6. The zero-order valence-corrected chi connectivity index (χ0v) is 13.7. The van der Waals surface area contributed by atoms with Gasteiger partial charge in [0.1, 0.15) is 5.75 Å². The van der Waals surface area contributed by atoms with Crippen LogP contribution in [0.4, 0.5) is 0 Å². The highest BCUT2D eigenvalue weighted by atomic mass is 127. The van der Waals surface area contributed by atoms with Crippen LogP contribution in [-0.2, 0) is 4.74 Å². The van der Waals surface area contributed by atoms with E-state index in [1.54, 1.807) is 0 Å². The average Bonchev–Trinajstić information content (AvgIpc) is 2.42. The SMILES string of the molecule is Cc1cc(I)ccc1OCCCCN1CCOCC1. The lowest BCUT2D eigenvalue weighted by atomic mass is 10.2. The number of benzene rings is 1. The summed E-state index contributed by atoms with van der Waals surface area (Å²) in [6.07, 6.45) is 2.31. The quantitative estimate of drug-likeness (QED) is 0.564. The van der Waals surface area contributed by atoms with E-state index >= 15 is 0 Å². The van der Waals surface area contributed by atoms with E-state index in [0.717, 1.165) is 45.1 Å². The minimum absolute atomic E-state index is 0.811. The highest BCUT2D eigenvalue weighted by Crippen LogP contribution is 2.20. The number of halogens is 1. The molecule has 1 aliphatic heterocycles. The molecule has 1 aliphatic rings. The first kappa shape index (κ1) is 15.1. The van der Waals surface area contributed by atoms with Gasteiger partial charge in [-0.25, -0.2) is 0 Å². The Morgan fingerprint density at radius 3 is 2.79 bits per heavy atom. The first-order valence-corrected chi connectivity index (χ1v) is 8.02. The highest BCUT2D eigenvalue weighted by molar-refractivity contribution is 14.1. The molecule has 0 spiro atoms. The molecular formula is C15H22INO2. The van der Waals surface area contributed by atoms with Crippen molar-refractivity contribution in [2.24, 2.45) is 0 Å². The van der Waals surface area contributed by atoms with Crippen molar-refractivity contribution in [3.63, 3.8) is 0 Å². The van der Waals surface area contributed by atoms with Gasteiger partial charge in [0, 0.05) is 16.7 Å². The monoisotopic (exact) mass is 375 g/mol. The van der Waals surface area contributed by atoms with Crippen LogP contribution in [0.15, 0.2) is 18.2 Å². The smallest absolute Gasteiger partial charge is 0.122 e. The van der Waals surface area contributed by atoms with Gasteiger partial charge in [0.25, 0.3) is 0 Å². The highest BCUT2D eigenvalue weighted by Gasteiger charge is 2.09. The second-order valence-electron chi connectivity index (χ2n) is 4.92. The number of hydrogen-bond acceptors (Lipinski definition) is 3. The van der Waals surface area contributed by atoms with Gasteiger partial charge in [0.15, 0.2) is 0 Å². The molecule has 0 radical (unpaired) electrons. The number of aryl methyl sites for hydroxylation is 1. The van der Waals surface area contributed by atoms with Gasteiger partial charge in [0.2, 0.25) is 0 Å². The Morgan fingerprint density at radius 2 is 2.05 bits per heavy atom. The molecule has 1 fully saturated rings. The number of nitrogens with zero attached hydrogens (tertiary/aromatic N) is 1. The molecule has 0 saturated carbocycles. The van der Waals surface area contributed by atoms with Crippen LogP contribution < -0.4 is 4.74 Å². The van der Waals surface area contributed by atoms with Crippen molar-refractivity contribution >= 4 is 22.6 Å². The summed E-state index contributed by atoms with van der Waals surface area (Å²) in [5, 5.41) is 0. The molecule has 0 aliphatic carbocycles. The van der Waals surface area contributed by atoms with Crippen LogP contribution in [0.3, 0.4) is 0 Å². The average molecular weight is 375 g/mol. The zero-order valence-electron chi connectivity index (χ0n) is 11.5. The summed E-state index contributed by atoms with van der Waals surface area (Å²) in [5.41, 5.74) is 1.22. The van der Waals surface area contributed by atoms with Gasteiger partial charge in [-0.05, 0) is 72.7 Å². The lowest BCUT2D eigenvalue weighted by Crippen LogP contribution is -2.36. The van der Waals surface area contributed by atoms with Gasteiger partial charge >= 0.3 is 0 Å². The Bertz CT molecular complexity index is 392. The summed E-state index contributed by atoms with van der Waals surface area (Å²) >= 11 is 2.33. The summed E-state index contributed by atoms with van der Waals surface area (Å²) in [6.45, 7) is 8.01. The second-order valence-corrected chi connectivity index (χ2v) is 6.17. The van der Waals surface area contributed by atoms with Crippen molar-refractivity contribution in [1.82, 2.24) is 4.90 Å². The van der Waals surface area contributed by atoms with Gasteiger partial charge in [-0.1, -0.05) is 0 Å². The Kier molecular flexibility index (Phi) is 6.40. The minimum atomic E-state index is 0.811. The summed E-state index contributed by atoms with van der Waals surface area (Å²) in [7, 11) is 0. The molecule has 4 heteroatoms. The molecule has 2 rings (SSSR count). The third-order valence-electron chi connectivity index (χ3n) is 3.37. The summed E-state index contributed by atoms with van der Waals surface area (Å²) < 4.78 is 12.4. The Hall–Kier alpha value is -0.330.